The number of aromatic nitrogens is 5. The molecule has 0 aliphatic carbocycles. The smallest absolute Gasteiger partial charge is 0.238 e. The van der Waals surface area contributed by atoms with E-state index in [4.69, 9.17) is 0 Å². The standard InChI is InChI=1S/C18H23N7O/c1-13-15(11-23(2)22-13)19-17(26)12-24-8-5-6-14(10-24)18-21-20-16-7-3-4-9-25(16)18/h3-4,7,9,11,14H,5-6,8,10,12H2,1-2H3,(H,19,26). The second-order valence-electron chi connectivity index (χ2n) is 6.91. The number of nitrogens with one attached hydrogen (secondary N) is 1. The fourth-order valence-corrected chi connectivity index (χ4v) is 3.66. The van der Waals surface area contributed by atoms with Crippen LogP contribution in [0.1, 0.15) is 30.3 Å². The zero-order valence-corrected chi connectivity index (χ0v) is 15.1. The molecule has 1 aliphatic heterocycles. The number of anilines is 1. The van der Waals surface area contributed by atoms with Gasteiger partial charge in [0.1, 0.15) is 5.82 Å². The van der Waals surface area contributed by atoms with Crippen molar-refractivity contribution in [1.82, 2.24) is 29.3 Å². The van der Waals surface area contributed by atoms with Crippen molar-refractivity contribution >= 4 is 17.2 Å². The molecule has 3 aromatic rings. The minimum absolute atomic E-state index is 0.00662. The van der Waals surface area contributed by atoms with Crippen LogP contribution in [0.5, 0.6) is 0 Å². The van der Waals surface area contributed by atoms with Gasteiger partial charge in [0.25, 0.3) is 0 Å². The molecule has 1 aliphatic rings. The molecule has 136 valence electrons. The fourth-order valence-electron chi connectivity index (χ4n) is 3.66. The molecule has 3 aromatic heterocycles. The molecule has 8 nitrogen and oxygen atoms in total. The molecule has 1 fully saturated rings. The van der Waals surface area contributed by atoms with E-state index in [0.29, 0.717) is 6.54 Å². The first kappa shape index (κ1) is 16.7. The number of hydrogen-bond acceptors (Lipinski definition) is 5. The largest absolute Gasteiger partial charge is 0.322 e. The Labute approximate surface area is 151 Å². The molecule has 0 saturated carbocycles. The van der Waals surface area contributed by atoms with Gasteiger partial charge in [0.2, 0.25) is 5.91 Å². The predicted octanol–water partition coefficient (Wildman–Crippen LogP) is 1.59. The lowest BCUT2D eigenvalue weighted by atomic mass is 9.97. The first-order valence-electron chi connectivity index (χ1n) is 8.92. The molecule has 0 spiro atoms. The van der Waals surface area contributed by atoms with Crippen LogP contribution in [0.15, 0.2) is 30.6 Å². The fraction of sp³-hybridized carbons (Fsp3) is 0.444. The highest BCUT2D eigenvalue weighted by molar-refractivity contribution is 5.92. The molecule has 4 heterocycles. The Bertz CT molecular complexity index is 929. The SMILES string of the molecule is Cc1nn(C)cc1NC(=O)CN1CCCC(c2nnc3ccccn23)C1. The van der Waals surface area contributed by atoms with Crippen molar-refractivity contribution in [2.45, 2.75) is 25.7 Å². The van der Waals surface area contributed by atoms with Gasteiger partial charge in [0.05, 0.1) is 17.9 Å². The third-order valence-electron chi connectivity index (χ3n) is 4.87. The van der Waals surface area contributed by atoms with Crippen LogP contribution in [0.2, 0.25) is 0 Å². The Morgan fingerprint density at radius 1 is 1.35 bits per heavy atom. The number of likely N-dealkylation sites (tertiary alicyclic amines) is 1. The monoisotopic (exact) mass is 353 g/mol. The molecule has 1 N–H and O–H groups in total. The van der Waals surface area contributed by atoms with Crippen molar-refractivity contribution in [1.29, 1.82) is 0 Å². The molecule has 1 amide bonds. The van der Waals surface area contributed by atoms with Crippen LogP contribution < -0.4 is 5.32 Å². The molecule has 26 heavy (non-hydrogen) atoms. The second-order valence-corrected chi connectivity index (χ2v) is 6.91. The van der Waals surface area contributed by atoms with Crippen LogP contribution in [-0.4, -0.2) is 54.8 Å². The topological polar surface area (TPSA) is 80.3 Å². The Morgan fingerprint density at radius 2 is 2.23 bits per heavy atom. The van der Waals surface area contributed by atoms with Crippen molar-refractivity contribution in [3.63, 3.8) is 0 Å². The van der Waals surface area contributed by atoms with Gasteiger partial charge in [0.15, 0.2) is 5.65 Å². The van der Waals surface area contributed by atoms with E-state index < -0.39 is 0 Å². The summed E-state index contributed by atoms with van der Waals surface area (Å²) >= 11 is 0. The first-order chi connectivity index (χ1) is 12.6. The Kier molecular flexibility index (Phi) is 4.42. The zero-order valence-electron chi connectivity index (χ0n) is 15.1. The summed E-state index contributed by atoms with van der Waals surface area (Å²) in [6.45, 7) is 4.01. The van der Waals surface area contributed by atoms with E-state index in [2.05, 4.69) is 25.5 Å². The van der Waals surface area contributed by atoms with E-state index >= 15 is 0 Å². The molecule has 0 bridgehead atoms. The minimum atomic E-state index is -0.00662. The molecule has 1 unspecified atom stereocenters. The van der Waals surface area contributed by atoms with Crippen LogP contribution in [0, 0.1) is 6.92 Å². The van der Waals surface area contributed by atoms with Crippen LogP contribution in [0.25, 0.3) is 5.65 Å². The second kappa shape index (κ2) is 6.87. The number of piperidine rings is 1. The Balaban J connectivity index is 1.42. The number of hydrogen-bond donors (Lipinski definition) is 1. The molecule has 1 saturated heterocycles. The van der Waals surface area contributed by atoms with Gasteiger partial charge in [-0.15, -0.1) is 10.2 Å². The van der Waals surface area contributed by atoms with Gasteiger partial charge in [-0.2, -0.15) is 5.10 Å². The summed E-state index contributed by atoms with van der Waals surface area (Å²) in [4.78, 5) is 14.6. The van der Waals surface area contributed by atoms with Crippen molar-refractivity contribution in [2.24, 2.45) is 7.05 Å². The first-order valence-corrected chi connectivity index (χ1v) is 8.92. The summed E-state index contributed by atoms with van der Waals surface area (Å²) in [7, 11) is 1.85. The highest BCUT2D eigenvalue weighted by atomic mass is 16.2. The van der Waals surface area contributed by atoms with Gasteiger partial charge >= 0.3 is 0 Å². The number of fused-ring (bicyclic) bond motifs is 1. The van der Waals surface area contributed by atoms with Crippen molar-refractivity contribution in [2.75, 3.05) is 25.0 Å². The number of carbonyl (C=O) groups excluding carboxylic acids is 1. The number of amides is 1. The zero-order chi connectivity index (χ0) is 18.1. The number of pyridine rings is 1. The molecule has 0 aromatic carbocycles. The maximum absolute atomic E-state index is 12.4. The van der Waals surface area contributed by atoms with Crippen LogP contribution in [0.3, 0.4) is 0 Å². The number of carbonyl (C=O) groups is 1. The highest BCUT2D eigenvalue weighted by Crippen LogP contribution is 2.26. The van der Waals surface area contributed by atoms with E-state index in [9.17, 15) is 4.79 Å². The van der Waals surface area contributed by atoms with Gasteiger partial charge < -0.3 is 5.32 Å². The highest BCUT2D eigenvalue weighted by Gasteiger charge is 2.26. The number of aryl methyl sites for hydroxylation is 2. The molecular weight excluding hydrogens is 330 g/mol. The van der Waals surface area contributed by atoms with E-state index in [1.807, 2.05) is 49.0 Å². The van der Waals surface area contributed by atoms with E-state index in [1.165, 1.54) is 0 Å². The number of rotatable bonds is 4. The average Bonchev–Trinajstić information content (AvgIpc) is 3.18. The summed E-state index contributed by atoms with van der Waals surface area (Å²) in [5.41, 5.74) is 2.46. The lowest BCUT2D eigenvalue weighted by molar-refractivity contribution is -0.117. The molecule has 1 atom stereocenters. The van der Waals surface area contributed by atoms with E-state index in [1.54, 1.807) is 4.68 Å². The van der Waals surface area contributed by atoms with Crippen LogP contribution >= 0.6 is 0 Å². The van der Waals surface area contributed by atoms with Gasteiger partial charge in [-0.05, 0) is 38.4 Å². The summed E-state index contributed by atoms with van der Waals surface area (Å²) in [5, 5.41) is 15.9. The minimum Gasteiger partial charge on any atom is -0.322 e. The third kappa shape index (κ3) is 3.32. The average molecular weight is 353 g/mol. The van der Waals surface area contributed by atoms with Crippen molar-refractivity contribution < 1.29 is 4.79 Å². The van der Waals surface area contributed by atoms with Gasteiger partial charge in [-0.25, -0.2) is 0 Å². The summed E-state index contributed by atoms with van der Waals surface area (Å²) < 4.78 is 3.76. The summed E-state index contributed by atoms with van der Waals surface area (Å²) in [5.74, 6) is 1.26. The van der Waals surface area contributed by atoms with E-state index in [0.717, 1.165) is 48.8 Å². The molecule has 8 heteroatoms. The third-order valence-corrected chi connectivity index (χ3v) is 4.87. The summed E-state index contributed by atoms with van der Waals surface area (Å²) in [6, 6.07) is 5.91. The maximum Gasteiger partial charge on any atom is 0.238 e. The van der Waals surface area contributed by atoms with E-state index in [-0.39, 0.29) is 11.8 Å². The molecule has 4 rings (SSSR count). The summed E-state index contributed by atoms with van der Waals surface area (Å²) in [6.07, 6.45) is 5.94. The Hall–Kier alpha value is -2.74. The van der Waals surface area contributed by atoms with Gasteiger partial charge in [0, 0.05) is 31.9 Å². The normalized spacial score (nSPS) is 18.3. The van der Waals surface area contributed by atoms with Crippen LogP contribution in [0.4, 0.5) is 5.69 Å². The van der Waals surface area contributed by atoms with Crippen LogP contribution in [-0.2, 0) is 11.8 Å². The lowest BCUT2D eigenvalue weighted by Crippen LogP contribution is -2.40. The molecule has 0 radical (unpaired) electrons. The van der Waals surface area contributed by atoms with Crippen molar-refractivity contribution in [3.8, 4) is 0 Å². The van der Waals surface area contributed by atoms with Gasteiger partial charge in [-0.1, -0.05) is 6.07 Å². The maximum atomic E-state index is 12.4. The molecular formula is C18H23N7O. The Morgan fingerprint density at radius 3 is 3.04 bits per heavy atom. The van der Waals surface area contributed by atoms with Crippen molar-refractivity contribution in [3.05, 3.63) is 42.1 Å². The predicted molar refractivity (Wildman–Crippen MR) is 98.0 cm³/mol. The quantitative estimate of drug-likeness (QED) is 0.770. The van der Waals surface area contributed by atoms with Gasteiger partial charge in [-0.3, -0.25) is 18.8 Å². The lowest BCUT2D eigenvalue weighted by Gasteiger charge is -2.31. The number of nitrogens with zero attached hydrogens (tertiary/aromatic N) is 6.